The summed E-state index contributed by atoms with van der Waals surface area (Å²) in [6.45, 7) is 0.770. The van der Waals surface area contributed by atoms with Crippen LogP contribution in [-0.2, 0) is 9.47 Å². The van der Waals surface area contributed by atoms with Crippen LogP contribution >= 0.6 is 22.9 Å². The van der Waals surface area contributed by atoms with Crippen molar-refractivity contribution in [2.75, 3.05) is 33.1 Å². The third-order valence-corrected chi connectivity index (χ3v) is 4.49. The number of ether oxygens (including phenoxy) is 2. The van der Waals surface area contributed by atoms with E-state index in [2.05, 4.69) is 5.32 Å². The van der Waals surface area contributed by atoms with Gasteiger partial charge in [-0.2, -0.15) is 0 Å². The maximum atomic E-state index is 12.2. The van der Waals surface area contributed by atoms with E-state index >= 15 is 0 Å². The third-order valence-electron chi connectivity index (χ3n) is 3.07. The molecule has 3 N–H and O–H groups in total. The van der Waals surface area contributed by atoms with Gasteiger partial charge in [0, 0.05) is 35.9 Å². The van der Waals surface area contributed by atoms with E-state index in [0.29, 0.717) is 28.7 Å². The summed E-state index contributed by atoms with van der Waals surface area (Å²) >= 11 is 7.30. The summed E-state index contributed by atoms with van der Waals surface area (Å²) in [4.78, 5) is 12.7. The minimum Gasteiger partial charge on any atom is -0.397 e. The van der Waals surface area contributed by atoms with Gasteiger partial charge in [0.25, 0.3) is 5.91 Å². The molecule has 21 heavy (non-hydrogen) atoms. The fraction of sp³-hybridized carbons (Fsp3) is 0.357. The molecule has 1 aromatic heterocycles. The lowest BCUT2D eigenvalue weighted by atomic mass is 10.2. The van der Waals surface area contributed by atoms with Gasteiger partial charge in [-0.05, 0) is 18.2 Å². The van der Waals surface area contributed by atoms with Gasteiger partial charge in [-0.25, -0.2) is 0 Å². The molecule has 0 aliphatic rings. The lowest BCUT2D eigenvalue weighted by Gasteiger charge is -2.14. The van der Waals surface area contributed by atoms with Crippen molar-refractivity contribution in [3.8, 4) is 0 Å². The maximum Gasteiger partial charge on any atom is 0.263 e. The molecule has 1 aromatic carbocycles. The normalized spacial score (nSPS) is 12.5. The Morgan fingerprint density at radius 3 is 2.90 bits per heavy atom. The van der Waals surface area contributed by atoms with E-state index in [-0.39, 0.29) is 12.0 Å². The van der Waals surface area contributed by atoms with E-state index in [1.165, 1.54) is 11.3 Å². The summed E-state index contributed by atoms with van der Waals surface area (Å²) in [5.41, 5.74) is 6.50. The van der Waals surface area contributed by atoms with E-state index in [9.17, 15) is 4.79 Å². The molecule has 0 spiro atoms. The number of halogens is 1. The number of hydrogen-bond donors (Lipinski definition) is 2. The molecule has 1 heterocycles. The molecular weight excluding hydrogens is 312 g/mol. The van der Waals surface area contributed by atoms with Gasteiger partial charge in [0.2, 0.25) is 0 Å². The highest BCUT2D eigenvalue weighted by Gasteiger charge is 2.17. The number of nitrogens with two attached hydrogens (primary N) is 1. The lowest BCUT2D eigenvalue weighted by Crippen LogP contribution is -2.35. The van der Waals surface area contributed by atoms with Crippen molar-refractivity contribution in [3.05, 3.63) is 28.1 Å². The highest BCUT2D eigenvalue weighted by atomic mass is 35.5. The zero-order valence-corrected chi connectivity index (χ0v) is 13.4. The van der Waals surface area contributed by atoms with Gasteiger partial charge in [0.05, 0.1) is 18.4 Å². The minimum atomic E-state index is -0.219. The molecule has 0 saturated heterocycles. The van der Waals surface area contributed by atoms with Crippen LogP contribution in [0.2, 0.25) is 5.02 Å². The van der Waals surface area contributed by atoms with Crippen LogP contribution in [0.15, 0.2) is 18.2 Å². The van der Waals surface area contributed by atoms with Crippen LogP contribution in [0.5, 0.6) is 0 Å². The summed E-state index contributed by atoms with van der Waals surface area (Å²) in [5.74, 6) is -0.219. The number of amides is 1. The van der Waals surface area contributed by atoms with Crippen molar-refractivity contribution in [2.24, 2.45) is 0 Å². The fourth-order valence-corrected chi connectivity index (χ4v) is 3.13. The van der Waals surface area contributed by atoms with Crippen molar-refractivity contribution in [1.82, 2.24) is 5.32 Å². The molecule has 0 fully saturated rings. The third kappa shape index (κ3) is 3.65. The highest BCUT2D eigenvalue weighted by molar-refractivity contribution is 7.21. The van der Waals surface area contributed by atoms with Crippen LogP contribution in [0.1, 0.15) is 9.67 Å². The highest BCUT2D eigenvalue weighted by Crippen LogP contribution is 2.35. The van der Waals surface area contributed by atoms with Crippen LogP contribution in [0.3, 0.4) is 0 Å². The number of carbonyl (C=O) groups excluding carboxylic acids is 1. The van der Waals surface area contributed by atoms with Crippen molar-refractivity contribution < 1.29 is 14.3 Å². The first-order valence-electron chi connectivity index (χ1n) is 6.34. The monoisotopic (exact) mass is 328 g/mol. The maximum absolute atomic E-state index is 12.2. The van der Waals surface area contributed by atoms with Crippen molar-refractivity contribution in [3.63, 3.8) is 0 Å². The average Bonchev–Trinajstić information content (AvgIpc) is 2.80. The summed E-state index contributed by atoms with van der Waals surface area (Å²) < 4.78 is 11.1. The van der Waals surface area contributed by atoms with Crippen LogP contribution in [0.4, 0.5) is 5.69 Å². The fourth-order valence-electron chi connectivity index (χ4n) is 1.94. The Balaban J connectivity index is 2.14. The van der Waals surface area contributed by atoms with Crippen LogP contribution in [0.25, 0.3) is 10.1 Å². The number of hydrogen-bond acceptors (Lipinski definition) is 5. The largest absolute Gasteiger partial charge is 0.397 e. The number of fused-ring (bicyclic) bond motifs is 1. The molecule has 1 atom stereocenters. The zero-order valence-electron chi connectivity index (χ0n) is 11.8. The molecule has 5 nitrogen and oxygen atoms in total. The number of rotatable bonds is 6. The Morgan fingerprint density at radius 1 is 1.48 bits per heavy atom. The van der Waals surface area contributed by atoms with Gasteiger partial charge in [0.1, 0.15) is 4.88 Å². The predicted molar refractivity (Wildman–Crippen MR) is 86.3 cm³/mol. The average molecular weight is 329 g/mol. The van der Waals surface area contributed by atoms with E-state index in [1.807, 2.05) is 6.07 Å². The topological polar surface area (TPSA) is 73.6 Å². The van der Waals surface area contributed by atoms with E-state index in [1.54, 1.807) is 26.4 Å². The Bertz CT molecular complexity index is 644. The van der Waals surface area contributed by atoms with E-state index in [4.69, 9.17) is 26.8 Å². The molecule has 0 aliphatic carbocycles. The number of methoxy groups -OCH3 is 2. The Hall–Kier alpha value is -1.34. The van der Waals surface area contributed by atoms with E-state index < -0.39 is 0 Å². The minimum absolute atomic E-state index is 0.191. The molecule has 0 bridgehead atoms. The Morgan fingerprint density at radius 2 is 2.24 bits per heavy atom. The summed E-state index contributed by atoms with van der Waals surface area (Å²) in [6, 6.07) is 5.40. The molecule has 1 unspecified atom stereocenters. The molecule has 0 aliphatic heterocycles. The molecule has 7 heteroatoms. The Labute approximate surface area is 132 Å². The standard InChI is InChI=1S/C14H17ClN2O3S/c1-19-7-9(20-2)6-17-14(18)13-12(16)10-5-8(15)3-4-11(10)21-13/h3-5,9H,6-7,16H2,1-2H3,(H,17,18). The summed E-state index contributed by atoms with van der Waals surface area (Å²) in [7, 11) is 3.16. The van der Waals surface area contributed by atoms with Crippen LogP contribution < -0.4 is 11.1 Å². The molecule has 114 valence electrons. The number of nitrogen functional groups attached to an aromatic ring is 1. The summed E-state index contributed by atoms with van der Waals surface area (Å²) in [6.07, 6.45) is -0.191. The van der Waals surface area contributed by atoms with E-state index in [0.717, 1.165) is 10.1 Å². The van der Waals surface area contributed by atoms with Gasteiger partial charge in [-0.3, -0.25) is 4.79 Å². The first-order chi connectivity index (χ1) is 10.1. The second-order valence-electron chi connectivity index (χ2n) is 4.51. The van der Waals surface area contributed by atoms with Gasteiger partial charge >= 0.3 is 0 Å². The first-order valence-corrected chi connectivity index (χ1v) is 7.53. The van der Waals surface area contributed by atoms with Gasteiger partial charge in [-0.15, -0.1) is 11.3 Å². The lowest BCUT2D eigenvalue weighted by molar-refractivity contribution is 0.0286. The predicted octanol–water partition coefficient (Wildman–Crippen LogP) is 2.53. The number of benzene rings is 1. The molecular formula is C14H17ClN2O3S. The summed E-state index contributed by atoms with van der Waals surface area (Å²) in [5, 5.41) is 4.20. The number of carbonyl (C=O) groups is 1. The Kier molecular flexibility index (Phi) is 5.41. The molecule has 2 rings (SSSR count). The van der Waals surface area contributed by atoms with Crippen LogP contribution in [0, 0.1) is 0 Å². The molecule has 2 aromatic rings. The second kappa shape index (κ2) is 7.09. The number of thiophene rings is 1. The van der Waals surface area contributed by atoms with Crippen molar-refractivity contribution >= 4 is 44.6 Å². The molecule has 1 amide bonds. The molecule has 0 radical (unpaired) electrons. The van der Waals surface area contributed by atoms with Crippen molar-refractivity contribution in [1.29, 1.82) is 0 Å². The smallest absolute Gasteiger partial charge is 0.263 e. The van der Waals surface area contributed by atoms with Crippen molar-refractivity contribution in [2.45, 2.75) is 6.10 Å². The molecule has 0 saturated carbocycles. The SMILES string of the molecule is COCC(CNC(=O)c1sc2ccc(Cl)cc2c1N)OC. The van der Waals surface area contributed by atoms with Gasteiger partial charge in [0.15, 0.2) is 0 Å². The first kappa shape index (κ1) is 16.0. The zero-order chi connectivity index (χ0) is 15.4. The van der Waals surface area contributed by atoms with Gasteiger partial charge < -0.3 is 20.5 Å². The number of nitrogens with one attached hydrogen (secondary N) is 1. The van der Waals surface area contributed by atoms with Gasteiger partial charge in [-0.1, -0.05) is 11.6 Å². The quantitative estimate of drug-likeness (QED) is 0.854. The second-order valence-corrected chi connectivity index (χ2v) is 6.00. The van der Waals surface area contributed by atoms with Crippen LogP contribution in [-0.4, -0.2) is 39.4 Å². The number of anilines is 1.